The molecule has 5 nitrogen and oxygen atoms in total. The number of rotatable bonds is 4. The van der Waals surface area contributed by atoms with E-state index in [4.69, 9.17) is 5.73 Å². The first-order valence-electron chi connectivity index (χ1n) is 6.28. The second kappa shape index (κ2) is 3.75. The monoisotopic (exact) mass is 234 g/mol. The molecule has 1 aromatic heterocycles. The largest absolute Gasteiger partial charge is 0.395 e. The Balaban J connectivity index is 1.80. The Bertz CT molecular complexity index is 445. The number of anilines is 1. The van der Waals surface area contributed by atoms with Gasteiger partial charge in [-0.05, 0) is 38.5 Å². The lowest BCUT2D eigenvalue weighted by molar-refractivity contribution is 0.0730. The van der Waals surface area contributed by atoms with Gasteiger partial charge in [-0.15, -0.1) is 0 Å². The molecule has 2 aliphatic carbocycles. The molecule has 0 atom stereocenters. The number of amides is 1. The predicted octanol–water partition coefficient (Wildman–Crippen LogP) is 1.31. The average molecular weight is 234 g/mol. The van der Waals surface area contributed by atoms with Crippen LogP contribution < -0.4 is 5.73 Å². The number of carbonyl (C=O) groups is 1. The van der Waals surface area contributed by atoms with Crippen molar-refractivity contribution in [1.29, 1.82) is 0 Å². The molecule has 1 amide bonds. The van der Waals surface area contributed by atoms with E-state index >= 15 is 0 Å². The van der Waals surface area contributed by atoms with E-state index in [1.54, 1.807) is 0 Å². The molecule has 0 unspecified atom stereocenters. The maximum absolute atomic E-state index is 12.4. The highest BCUT2D eigenvalue weighted by Gasteiger charge is 2.38. The minimum Gasteiger partial charge on any atom is -0.395 e. The summed E-state index contributed by atoms with van der Waals surface area (Å²) in [5.41, 5.74) is 7.54. The first-order chi connectivity index (χ1) is 8.16. The molecule has 1 heterocycles. The molecule has 0 aliphatic heterocycles. The lowest BCUT2D eigenvalue weighted by Gasteiger charge is -2.21. The SMILES string of the molecule is Cc1[nH]nc(C(=O)N(CC2CC2)C2CC2)c1N. The fourth-order valence-electron chi connectivity index (χ4n) is 2.10. The fraction of sp³-hybridized carbons (Fsp3) is 0.667. The average Bonchev–Trinajstić information content (AvgIpc) is 3.18. The Hall–Kier alpha value is -1.52. The van der Waals surface area contributed by atoms with E-state index in [9.17, 15) is 4.79 Å². The van der Waals surface area contributed by atoms with Crippen molar-refractivity contribution in [3.8, 4) is 0 Å². The highest BCUT2D eigenvalue weighted by Crippen LogP contribution is 2.35. The van der Waals surface area contributed by atoms with Gasteiger partial charge in [-0.1, -0.05) is 0 Å². The minimum atomic E-state index is 0.00116. The maximum Gasteiger partial charge on any atom is 0.276 e. The first kappa shape index (κ1) is 10.6. The molecule has 3 N–H and O–H groups in total. The zero-order valence-corrected chi connectivity index (χ0v) is 10.1. The van der Waals surface area contributed by atoms with E-state index < -0.39 is 0 Å². The molecule has 3 rings (SSSR count). The lowest BCUT2D eigenvalue weighted by atomic mass is 10.2. The summed E-state index contributed by atoms with van der Waals surface area (Å²) in [5.74, 6) is 0.710. The summed E-state index contributed by atoms with van der Waals surface area (Å²) in [6.07, 6.45) is 4.76. The molecule has 0 spiro atoms. The molecule has 2 saturated carbocycles. The second-order valence-corrected chi connectivity index (χ2v) is 5.24. The van der Waals surface area contributed by atoms with Crippen LogP contribution in [0.1, 0.15) is 41.9 Å². The number of H-pyrrole nitrogens is 1. The number of aryl methyl sites for hydroxylation is 1. The third-order valence-electron chi connectivity index (χ3n) is 3.60. The van der Waals surface area contributed by atoms with Gasteiger partial charge in [0.25, 0.3) is 5.91 Å². The quantitative estimate of drug-likeness (QED) is 0.825. The van der Waals surface area contributed by atoms with Gasteiger partial charge in [0.1, 0.15) is 0 Å². The maximum atomic E-state index is 12.4. The van der Waals surface area contributed by atoms with Gasteiger partial charge in [0.05, 0.1) is 11.4 Å². The molecular weight excluding hydrogens is 216 g/mol. The number of aromatic amines is 1. The highest BCUT2D eigenvalue weighted by molar-refractivity contribution is 5.98. The lowest BCUT2D eigenvalue weighted by Crippen LogP contribution is -2.35. The van der Waals surface area contributed by atoms with Crippen molar-refractivity contribution >= 4 is 11.6 Å². The first-order valence-corrected chi connectivity index (χ1v) is 6.28. The van der Waals surface area contributed by atoms with Crippen molar-refractivity contribution in [3.05, 3.63) is 11.4 Å². The van der Waals surface area contributed by atoms with Crippen LogP contribution >= 0.6 is 0 Å². The van der Waals surface area contributed by atoms with Crippen LogP contribution in [-0.2, 0) is 0 Å². The summed E-state index contributed by atoms with van der Waals surface area (Å²) in [6, 6.07) is 0.430. The van der Waals surface area contributed by atoms with Gasteiger partial charge >= 0.3 is 0 Å². The van der Waals surface area contributed by atoms with E-state index in [1.165, 1.54) is 12.8 Å². The molecule has 92 valence electrons. The number of nitrogens with one attached hydrogen (secondary N) is 1. The van der Waals surface area contributed by atoms with E-state index in [0.717, 1.165) is 25.1 Å². The zero-order valence-electron chi connectivity index (χ0n) is 10.1. The van der Waals surface area contributed by atoms with Crippen molar-refractivity contribution in [2.24, 2.45) is 5.92 Å². The molecule has 1 aromatic rings. The number of aromatic nitrogens is 2. The van der Waals surface area contributed by atoms with Crippen molar-refractivity contribution < 1.29 is 4.79 Å². The topological polar surface area (TPSA) is 75.0 Å². The van der Waals surface area contributed by atoms with E-state index in [2.05, 4.69) is 10.2 Å². The number of carbonyl (C=O) groups excluding carboxylic acids is 1. The molecule has 17 heavy (non-hydrogen) atoms. The third-order valence-corrected chi connectivity index (χ3v) is 3.60. The third kappa shape index (κ3) is 2.01. The van der Waals surface area contributed by atoms with Crippen LogP contribution in [0.15, 0.2) is 0 Å². The normalized spacial score (nSPS) is 19.4. The number of hydrogen-bond acceptors (Lipinski definition) is 3. The summed E-state index contributed by atoms with van der Waals surface area (Å²) in [5, 5.41) is 6.81. The van der Waals surface area contributed by atoms with Crippen LogP contribution in [0.4, 0.5) is 5.69 Å². The van der Waals surface area contributed by atoms with Gasteiger partial charge in [-0.25, -0.2) is 0 Å². The van der Waals surface area contributed by atoms with Crippen LogP contribution in [0.2, 0.25) is 0 Å². The van der Waals surface area contributed by atoms with E-state index in [1.807, 2.05) is 11.8 Å². The van der Waals surface area contributed by atoms with Crippen LogP contribution in [0.25, 0.3) is 0 Å². The standard InChI is InChI=1S/C12H18N4O/c1-7-10(13)11(15-14-7)12(17)16(9-4-5-9)6-8-2-3-8/h8-9H,2-6,13H2,1H3,(H,14,15). The summed E-state index contributed by atoms with van der Waals surface area (Å²) < 4.78 is 0. The van der Waals surface area contributed by atoms with Gasteiger partial charge in [-0.3, -0.25) is 9.89 Å². The molecular formula is C12H18N4O. The molecule has 0 radical (unpaired) electrons. The predicted molar refractivity (Wildman–Crippen MR) is 64.5 cm³/mol. The Kier molecular flexibility index (Phi) is 2.34. The summed E-state index contributed by atoms with van der Waals surface area (Å²) in [7, 11) is 0. The van der Waals surface area contributed by atoms with Crippen LogP contribution in [0.3, 0.4) is 0 Å². The van der Waals surface area contributed by atoms with Gasteiger partial charge in [0.2, 0.25) is 0 Å². The Morgan fingerprint density at radius 2 is 2.18 bits per heavy atom. The fourth-order valence-corrected chi connectivity index (χ4v) is 2.10. The minimum absolute atomic E-state index is 0.00116. The molecule has 2 fully saturated rings. The second-order valence-electron chi connectivity index (χ2n) is 5.24. The number of nitrogens with zero attached hydrogens (tertiary/aromatic N) is 2. The van der Waals surface area contributed by atoms with Gasteiger partial charge in [0.15, 0.2) is 5.69 Å². The zero-order chi connectivity index (χ0) is 12.0. The van der Waals surface area contributed by atoms with Crippen LogP contribution in [-0.4, -0.2) is 33.6 Å². The number of nitrogen functional groups attached to an aromatic ring is 1. The number of hydrogen-bond donors (Lipinski definition) is 2. The molecule has 0 saturated heterocycles. The smallest absolute Gasteiger partial charge is 0.276 e. The van der Waals surface area contributed by atoms with Gasteiger partial charge in [-0.2, -0.15) is 5.10 Å². The van der Waals surface area contributed by atoms with Crippen molar-refractivity contribution in [2.45, 2.75) is 38.6 Å². The van der Waals surface area contributed by atoms with E-state index in [0.29, 0.717) is 23.3 Å². The molecule has 5 heteroatoms. The van der Waals surface area contributed by atoms with Crippen molar-refractivity contribution in [3.63, 3.8) is 0 Å². The van der Waals surface area contributed by atoms with E-state index in [-0.39, 0.29) is 5.91 Å². The summed E-state index contributed by atoms with van der Waals surface area (Å²) >= 11 is 0. The Labute approximate surface area is 100 Å². The van der Waals surface area contributed by atoms with Crippen LogP contribution in [0.5, 0.6) is 0 Å². The molecule has 0 aromatic carbocycles. The van der Waals surface area contributed by atoms with Crippen LogP contribution in [0, 0.1) is 12.8 Å². The summed E-state index contributed by atoms with van der Waals surface area (Å²) in [6.45, 7) is 2.72. The Morgan fingerprint density at radius 3 is 2.65 bits per heavy atom. The van der Waals surface area contributed by atoms with Gasteiger partial charge < -0.3 is 10.6 Å². The number of nitrogens with two attached hydrogens (primary N) is 1. The molecule has 2 aliphatic rings. The Morgan fingerprint density at radius 1 is 1.47 bits per heavy atom. The van der Waals surface area contributed by atoms with Crippen molar-refractivity contribution in [2.75, 3.05) is 12.3 Å². The summed E-state index contributed by atoms with van der Waals surface area (Å²) in [4.78, 5) is 14.4. The van der Waals surface area contributed by atoms with Crippen molar-refractivity contribution in [1.82, 2.24) is 15.1 Å². The van der Waals surface area contributed by atoms with Gasteiger partial charge in [0, 0.05) is 12.6 Å². The highest BCUT2D eigenvalue weighted by atomic mass is 16.2. The molecule has 0 bridgehead atoms.